The van der Waals surface area contributed by atoms with Gasteiger partial charge in [-0.25, -0.2) is 0 Å². The summed E-state index contributed by atoms with van der Waals surface area (Å²) in [5.41, 5.74) is 2.92. The minimum atomic E-state index is 0.637. The molecule has 0 amide bonds. The van der Waals surface area contributed by atoms with Crippen molar-refractivity contribution < 1.29 is 0 Å². The van der Waals surface area contributed by atoms with E-state index in [1.165, 1.54) is 36.9 Å². The third kappa shape index (κ3) is 3.57. The Hall–Kier alpha value is -0.820. The smallest absolute Gasteiger partial charge is 0.0108 e. The summed E-state index contributed by atoms with van der Waals surface area (Å²) in [5, 5.41) is 3.65. The molecule has 0 saturated carbocycles. The fourth-order valence-corrected chi connectivity index (χ4v) is 2.56. The van der Waals surface area contributed by atoms with Crippen LogP contribution in [0.4, 0.5) is 0 Å². The van der Waals surface area contributed by atoms with Crippen LogP contribution in [0.5, 0.6) is 0 Å². The van der Waals surface area contributed by atoms with Gasteiger partial charge in [0.05, 0.1) is 0 Å². The summed E-state index contributed by atoms with van der Waals surface area (Å²) in [5.74, 6) is 1.49. The largest absolute Gasteiger partial charge is 0.313 e. The van der Waals surface area contributed by atoms with Crippen molar-refractivity contribution in [1.29, 1.82) is 0 Å². The van der Waals surface area contributed by atoms with Crippen LogP contribution in [0.1, 0.15) is 50.7 Å². The molecule has 0 aliphatic carbocycles. The third-order valence-electron chi connectivity index (χ3n) is 3.89. The SMILES string of the molecule is CC1CCC(Cc2ccc(C(C)C)cc2)NC1. The maximum Gasteiger partial charge on any atom is 0.0108 e. The van der Waals surface area contributed by atoms with Gasteiger partial charge in [-0.2, -0.15) is 0 Å². The number of benzene rings is 1. The van der Waals surface area contributed by atoms with Crippen LogP contribution >= 0.6 is 0 Å². The highest BCUT2D eigenvalue weighted by atomic mass is 14.9. The molecule has 0 spiro atoms. The van der Waals surface area contributed by atoms with Gasteiger partial charge >= 0.3 is 0 Å². The van der Waals surface area contributed by atoms with E-state index in [2.05, 4.69) is 50.4 Å². The maximum absolute atomic E-state index is 3.65. The van der Waals surface area contributed by atoms with Crippen LogP contribution in [-0.2, 0) is 6.42 Å². The topological polar surface area (TPSA) is 12.0 Å². The van der Waals surface area contributed by atoms with Gasteiger partial charge in [-0.1, -0.05) is 45.0 Å². The lowest BCUT2D eigenvalue weighted by atomic mass is 9.92. The van der Waals surface area contributed by atoms with Gasteiger partial charge < -0.3 is 5.32 Å². The van der Waals surface area contributed by atoms with Gasteiger partial charge in [0, 0.05) is 6.04 Å². The number of nitrogens with one attached hydrogen (secondary N) is 1. The molecule has 0 bridgehead atoms. The van der Waals surface area contributed by atoms with Crippen LogP contribution in [0.15, 0.2) is 24.3 Å². The molecule has 94 valence electrons. The Morgan fingerprint density at radius 3 is 2.41 bits per heavy atom. The van der Waals surface area contributed by atoms with E-state index in [4.69, 9.17) is 0 Å². The first-order valence-electron chi connectivity index (χ1n) is 6.97. The first kappa shape index (κ1) is 12.6. The van der Waals surface area contributed by atoms with Crippen LogP contribution in [-0.4, -0.2) is 12.6 Å². The molecule has 1 aromatic carbocycles. The summed E-state index contributed by atoms with van der Waals surface area (Å²) >= 11 is 0. The monoisotopic (exact) mass is 231 g/mol. The van der Waals surface area contributed by atoms with Crippen molar-refractivity contribution in [2.24, 2.45) is 5.92 Å². The van der Waals surface area contributed by atoms with Gasteiger partial charge in [0.25, 0.3) is 0 Å². The number of rotatable bonds is 3. The Kier molecular flexibility index (Phi) is 4.22. The van der Waals surface area contributed by atoms with E-state index in [0.717, 1.165) is 5.92 Å². The zero-order chi connectivity index (χ0) is 12.3. The summed E-state index contributed by atoms with van der Waals surface area (Å²) < 4.78 is 0. The van der Waals surface area contributed by atoms with Crippen molar-refractivity contribution in [2.45, 2.75) is 52.0 Å². The zero-order valence-electron chi connectivity index (χ0n) is 11.4. The molecular formula is C16H25N. The average Bonchev–Trinajstić information content (AvgIpc) is 2.33. The molecule has 2 unspecified atom stereocenters. The van der Waals surface area contributed by atoms with Crippen LogP contribution in [0.25, 0.3) is 0 Å². The lowest BCUT2D eigenvalue weighted by molar-refractivity contribution is 0.326. The van der Waals surface area contributed by atoms with Gasteiger partial charge in [-0.3, -0.25) is 0 Å². The first-order valence-corrected chi connectivity index (χ1v) is 6.97. The van der Waals surface area contributed by atoms with Crippen molar-refractivity contribution in [2.75, 3.05) is 6.54 Å². The molecule has 1 aromatic rings. The molecule has 1 saturated heterocycles. The van der Waals surface area contributed by atoms with Crippen LogP contribution in [0, 0.1) is 5.92 Å². The molecule has 1 nitrogen and oxygen atoms in total. The normalized spacial score (nSPS) is 25.2. The molecule has 2 rings (SSSR count). The highest BCUT2D eigenvalue weighted by Gasteiger charge is 2.17. The Labute approximate surface area is 106 Å². The predicted molar refractivity (Wildman–Crippen MR) is 74.4 cm³/mol. The Morgan fingerprint density at radius 1 is 1.18 bits per heavy atom. The molecule has 2 atom stereocenters. The molecule has 0 radical (unpaired) electrons. The summed E-state index contributed by atoms with van der Waals surface area (Å²) in [4.78, 5) is 0. The van der Waals surface area contributed by atoms with E-state index in [9.17, 15) is 0 Å². The van der Waals surface area contributed by atoms with E-state index < -0.39 is 0 Å². The molecule has 1 fully saturated rings. The van der Waals surface area contributed by atoms with E-state index in [1.807, 2.05) is 0 Å². The Bertz CT molecular complexity index is 331. The van der Waals surface area contributed by atoms with Crippen molar-refractivity contribution in [1.82, 2.24) is 5.32 Å². The highest BCUT2D eigenvalue weighted by Crippen LogP contribution is 2.19. The number of piperidine rings is 1. The van der Waals surface area contributed by atoms with Crippen molar-refractivity contribution >= 4 is 0 Å². The minimum Gasteiger partial charge on any atom is -0.313 e. The Morgan fingerprint density at radius 2 is 1.88 bits per heavy atom. The third-order valence-corrected chi connectivity index (χ3v) is 3.89. The standard InChI is InChI=1S/C16H25N/c1-12(2)15-7-5-14(6-8-15)10-16-9-4-13(3)11-17-16/h5-8,12-13,16-17H,4,9-11H2,1-3H3. The maximum atomic E-state index is 3.65. The summed E-state index contributed by atoms with van der Waals surface area (Å²) in [6.07, 6.45) is 3.89. The van der Waals surface area contributed by atoms with Gasteiger partial charge in [0.1, 0.15) is 0 Å². The van der Waals surface area contributed by atoms with Gasteiger partial charge in [0.15, 0.2) is 0 Å². The van der Waals surface area contributed by atoms with Gasteiger partial charge in [0.2, 0.25) is 0 Å². The molecule has 1 heteroatoms. The zero-order valence-corrected chi connectivity index (χ0v) is 11.4. The molecule has 17 heavy (non-hydrogen) atoms. The summed E-state index contributed by atoms with van der Waals surface area (Å²) in [6.45, 7) is 8.02. The van der Waals surface area contributed by atoms with Crippen LogP contribution < -0.4 is 5.32 Å². The number of hydrogen-bond donors (Lipinski definition) is 1. The fraction of sp³-hybridized carbons (Fsp3) is 0.625. The van der Waals surface area contributed by atoms with Gasteiger partial charge in [-0.15, -0.1) is 0 Å². The second-order valence-electron chi connectivity index (χ2n) is 5.89. The molecule has 1 aliphatic rings. The van der Waals surface area contributed by atoms with Crippen LogP contribution in [0.3, 0.4) is 0 Å². The van der Waals surface area contributed by atoms with Crippen molar-refractivity contribution in [3.63, 3.8) is 0 Å². The van der Waals surface area contributed by atoms with Crippen molar-refractivity contribution in [3.05, 3.63) is 35.4 Å². The second-order valence-corrected chi connectivity index (χ2v) is 5.89. The quantitative estimate of drug-likeness (QED) is 0.835. The predicted octanol–water partition coefficient (Wildman–Crippen LogP) is 3.74. The summed E-state index contributed by atoms with van der Waals surface area (Å²) in [6, 6.07) is 9.86. The molecule has 1 heterocycles. The molecule has 1 aliphatic heterocycles. The first-order chi connectivity index (χ1) is 8.15. The van der Waals surface area contributed by atoms with Crippen LogP contribution in [0.2, 0.25) is 0 Å². The van der Waals surface area contributed by atoms with Gasteiger partial charge in [-0.05, 0) is 48.8 Å². The van der Waals surface area contributed by atoms with E-state index >= 15 is 0 Å². The fourth-order valence-electron chi connectivity index (χ4n) is 2.56. The average molecular weight is 231 g/mol. The molecular weight excluding hydrogens is 206 g/mol. The lowest BCUT2D eigenvalue weighted by Crippen LogP contribution is -2.39. The number of hydrogen-bond acceptors (Lipinski definition) is 1. The Balaban J connectivity index is 1.90. The second kappa shape index (κ2) is 5.68. The van der Waals surface area contributed by atoms with E-state index in [0.29, 0.717) is 12.0 Å². The molecule has 0 aromatic heterocycles. The van der Waals surface area contributed by atoms with E-state index in [-0.39, 0.29) is 0 Å². The minimum absolute atomic E-state index is 0.637. The van der Waals surface area contributed by atoms with E-state index in [1.54, 1.807) is 0 Å². The summed E-state index contributed by atoms with van der Waals surface area (Å²) in [7, 11) is 0. The lowest BCUT2D eigenvalue weighted by Gasteiger charge is -2.28. The highest BCUT2D eigenvalue weighted by molar-refractivity contribution is 5.25. The van der Waals surface area contributed by atoms with Crippen molar-refractivity contribution in [3.8, 4) is 0 Å². The molecule has 1 N–H and O–H groups in total.